The quantitative estimate of drug-likeness (QED) is 0.598. The molecule has 2 rings (SSSR count). The van der Waals surface area contributed by atoms with E-state index >= 15 is 0 Å². The minimum absolute atomic E-state index is 0.352. The number of hydrogen-bond acceptors (Lipinski definition) is 5. The molecule has 0 unspecified atom stereocenters. The third-order valence-corrected chi connectivity index (χ3v) is 3.30. The average Bonchev–Trinajstić information content (AvgIpc) is 3.19. The summed E-state index contributed by atoms with van der Waals surface area (Å²) < 4.78 is 0. The second-order valence-electron chi connectivity index (χ2n) is 5.18. The summed E-state index contributed by atoms with van der Waals surface area (Å²) in [5.74, 6) is 7.72. The molecule has 0 atom stereocenters. The van der Waals surface area contributed by atoms with Crippen molar-refractivity contribution in [2.24, 2.45) is 5.84 Å². The highest BCUT2D eigenvalue weighted by atomic mass is 15.3. The summed E-state index contributed by atoms with van der Waals surface area (Å²) in [6.45, 7) is 7.55. The zero-order valence-electron chi connectivity index (χ0n) is 11.5. The average molecular weight is 249 g/mol. The number of nitrogens with zero attached hydrogens (tertiary/aromatic N) is 3. The maximum Gasteiger partial charge on any atom is 0.148 e. The molecule has 0 aromatic carbocycles. The molecule has 1 fully saturated rings. The van der Waals surface area contributed by atoms with Crippen LogP contribution < -0.4 is 16.2 Å². The minimum Gasteiger partial charge on any atom is -0.353 e. The van der Waals surface area contributed by atoms with Crippen LogP contribution in [0.3, 0.4) is 0 Å². The van der Waals surface area contributed by atoms with Crippen molar-refractivity contribution >= 4 is 11.6 Å². The van der Waals surface area contributed by atoms with E-state index in [2.05, 4.69) is 41.1 Å². The number of hydrazine groups is 1. The van der Waals surface area contributed by atoms with Gasteiger partial charge in [-0.15, -0.1) is 0 Å². The molecule has 0 spiro atoms. The first-order valence-electron chi connectivity index (χ1n) is 6.77. The topological polar surface area (TPSA) is 67.1 Å². The van der Waals surface area contributed by atoms with Crippen LogP contribution in [0.2, 0.25) is 0 Å². The molecule has 1 heterocycles. The smallest absolute Gasteiger partial charge is 0.148 e. The molecule has 5 nitrogen and oxygen atoms in total. The summed E-state index contributed by atoms with van der Waals surface area (Å²) in [7, 11) is 0. The van der Waals surface area contributed by atoms with Gasteiger partial charge >= 0.3 is 0 Å². The van der Waals surface area contributed by atoms with Crippen LogP contribution in [0, 0.1) is 0 Å². The Hall–Kier alpha value is -1.36. The summed E-state index contributed by atoms with van der Waals surface area (Å²) in [6.07, 6.45) is 5.27. The van der Waals surface area contributed by atoms with Gasteiger partial charge in [0.15, 0.2) is 0 Å². The van der Waals surface area contributed by atoms with Gasteiger partial charge in [0.05, 0.1) is 0 Å². The molecular formula is C13H23N5. The Morgan fingerprint density at radius 3 is 2.67 bits per heavy atom. The Bertz CT molecular complexity index is 400. The SMILES string of the molecule is CCCN(c1ncnc(NN)c1C(C)C)C1CC1. The van der Waals surface area contributed by atoms with Gasteiger partial charge in [-0.2, -0.15) is 0 Å². The number of anilines is 2. The van der Waals surface area contributed by atoms with Gasteiger partial charge in [-0.3, -0.25) is 0 Å². The van der Waals surface area contributed by atoms with Crippen LogP contribution in [0.15, 0.2) is 6.33 Å². The number of rotatable bonds is 6. The maximum absolute atomic E-state index is 5.56. The lowest BCUT2D eigenvalue weighted by Gasteiger charge is -2.27. The van der Waals surface area contributed by atoms with E-state index in [9.17, 15) is 0 Å². The molecule has 0 saturated heterocycles. The van der Waals surface area contributed by atoms with Crippen LogP contribution in [-0.4, -0.2) is 22.6 Å². The van der Waals surface area contributed by atoms with E-state index in [1.54, 1.807) is 6.33 Å². The van der Waals surface area contributed by atoms with Gasteiger partial charge < -0.3 is 10.3 Å². The first-order chi connectivity index (χ1) is 8.69. The first-order valence-corrected chi connectivity index (χ1v) is 6.77. The van der Waals surface area contributed by atoms with Gasteiger partial charge in [0.25, 0.3) is 0 Å². The third kappa shape index (κ3) is 2.56. The number of nitrogen functional groups attached to an aromatic ring is 1. The lowest BCUT2D eigenvalue weighted by molar-refractivity contribution is 0.729. The molecule has 5 heteroatoms. The van der Waals surface area contributed by atoms with E-state index in [1.807, 2.05) is 0 Å². The van der Waals surface area contributed by atoms with Crippen molar-refractivity contribution in [2.75, 3.05) is 16.9 Å². The van der Waals surface area contributed by atoms with Crippen LogP contribution >= 0.6 is 0 Å². The normalized spacial score (nSPS) is 14.9. The Morgan fingerprint density at radius 2 is 2.17 bits per heavy atom. The zero-order chi connectivity index (χ0) is 13.1. The molecule has 1 aliphatic carbocycles. The molecule has 0 amide bonds. The van der Waals surface area contributed by atoms with Crippen LogP contribution in [0.1, 0.15) is 51.5 Å². The van der Waals surface area contributed by atoms with E-state index in [0.717, 1.165) is 30.2 Å². The van der Waals surface area contributed by atoms with Gasteiger partial charge in [-0.1, -0.05) is 20.8 Å². The van der Waals surface area contributed by atoms with Crippen molar-refractivity contribution in [1.29, 1.82) is 0 Å². The summed E-state index contributed by atoms with van der Waals surface area (Å²) in [5.41, 5.74) is 3.82. The van der Waals surface area contributed by atoms with E-state index in [0.29, 0.717) is 12.0 Å². The van der Waals surface area contributed by atoms with Crippen molar-refractivity contribution in [3.05, 3.63) is 11.9 Å². The molecule has 100 valence electrons. The maximum atomic E-state index is 5.56. The van der Waals surface area contributed by atoms with Gasteiger partial charge in [-0.05, 0) is 25.2 Å². The van der Waals surface area contributed by atoms with Crippen molar-refractivity contribution in [3.8, 4) is 0 Å². The Labute approximate surface area is 109 Å². The lowest BCUT2D eigenvalue weighted by atomic mass is 10.0. The van der Waals surface area contributed by atoms with E-state index in [4.69, 9.17) is 5.84 Å². The second kappa shape index (κ2) is 5.52. The monoisotopic (exact) mass is 249 g/mol. The Morgan fingerprint density at radius 1 is 1.44 bits per heavy atom. The number of nitrogens with one attached hydrogen (secondary N) is 1. The first kappa shape index (κ1) is 13.1. The fourth-order valence-corrected chi connectivity index (χ4v) is 2.35. The largest absolute Gasteiger partial charge is 0.353 e. The number of aromatic nitrogens is 2. The molecule has 1 saturated carbocycles. The molecule has 18 heavy (non-hydrogen) atoms. The molecule has 1 aromatic rings. The van der Waals surface area contributed by atoms with Crippen molar-refractivity contribution in [3.63, 3.8) is 0 Å². The highest BCUT2D eigenvalue weighted by Crippen LogP contribution is 2.36. The van der Waals surface area contributed by atoms with Gasteiger partial charge in [0.1, 0.15) is 18.0 Å². The highest BCUT2D eigenvalue weighted by Gasteiger charge is 2.32. The molecule has 0 radical (unpaired) electrons. The van der Waals surface area contributed by atoms with Crippen LogP contribution in [0.5, 0.6) is 0 Å². The second-order valence-corrected chi connectivity index (χ2v) is 5.18. The van der Waals surface area contributed by atoms with Crippen molar-refractivity contribution < 1.29 is 0 Å². The number of nitrogens with two attached hydrogens (primary N) is 1. The van der Waals surface area contributed by atoms with E-state index in [-0.39, 0.29) is 0 Å². The summed E-state index contributed by atoms with van der Waals surface area (Å²) >= 11 is 0. The van der Waals surface area contributed by atoms with Crippen LogP contribution in [0.25, 0.3) is 0 Å². The fourth-order valence-electron chi connectivity index (χ4n) is 2.35. The van der Waals surface area contributed by atoms with Crippen molar-refractivity contribution in [1.82, 2.24) is 9.97 Å². The standard InChI is InChI=1S/C13H23N5/c1-4-7-18(10-5-6-10)13-11(9(2)3)12(17-14)15-8-16-13/h8-10H,4-7,14H2,1-3H3,(H,15,16,17). The molecular weight excluding hydrogens is 226 g/mol. The molecule has 1 aliphatic rings. The third-order valence-electron chi connectivity index (χ3n) is 3.30. The van der Waals surface area contributed by atoms with Gasteiger partial charge in [0.2, 0.25) is 0 Å². The minimum atomic E-state index is 0.352. The van der Waals surface area contributed by atoms with Crippen molar-refractivity contribution in [2.45, 2.75) is 52.0 Å². The Kier molecular flexibility index (Phi) is 4.01. The van der Waals surface area contributed by atoms with Gasteiger partial charge in [-0.25, -0.2) is 15.8 Å². The summed E-state index contributed by atoms with van der Waals surface area (Å²) in [6, 6.07) is 0.656. The van der Waals surface area contributed by atoms with Crippen LogP contribution in [0.4, 0.5) is 11.6 Å². The molecule has 0 bridgehead atoms. The number of hydrogen-bond donors (Lipinski definition) is 2. The lowest BCUT2D eigenvalue weighted by Crippen LogP contribution is -2.29. The van der Waals surface area contributed by atoms with Gasteiger partial charge in [0, 0.05) is 18.2 Å². The zero-order valence-corrected chi connectivity index (χ0v) is 11.5. The predicted molar refractivity (Wildman–Crippen MR) is 74.6 cm³/mol. The van der Waals surface area contributed by atoms with Crippen LogP contribution in [-0.2, 0) is 0 Å². The van der Waals surface area contributed by atoms with E-state index in [1.165, 1.54) is 12.8 Å². The molecule has 3 N–H and O–H groups in total. The highest BCUT2D eigenvalue weighted by molar-refractivity contribution is 5.60. The molecule has 0 aliphatic heterocycles. The summed E-state index contributed by atoms with van der Waals surface area (Å²) in [5, 5.41) is 0. The predicted octanol–water partition coefficient (Wildman–Crippen LogP) is 2.26. The molecule has 1 aromatic heterocycles. The summed E-state index contributed by atoms with van der Waals surface area (Å²) in [4.78, 5) is 11.2. The Balaban J connectivity index is 2.40. The fraction of sp³-hybridized carbons (Fsp3) is 0.692. The van der Waals surface area contributed by atoms with E-state index < -0.39 is 0 Å².